The van der Waals surface area contributed by atoms with E-state index in [9.17, 15) is 0 Å². The lowest BCUT2D eigenvalue weighted by Crippen LogP contribution is -2.15. The maximum absolute atomic E-state index is 5.20. The maximum Gasteiger partial charge on any atom is 0.199 e. The fourth-order valence-electron chi connectivity index (χ4n) is 1.43. The van der Waals surface area contributed by atoms with Crippen LogP contribution in [0.25, 0.3) is 0 Å². The van der Waals surface area contributed by atoms with Gasteiger partial charge in [0.15, 0.2) is 9.91 Å². The molecule has 1 aromatic carbocycles. The van der Waals surface area contributed by atoms with Gasteiger partial charge in [0.25, 0.3) is 0 Å². The number of hydrogen-bond donors (Lipinski definition) is 1. The molecule has 3 nitrogen and oxygen atoms in total. The summed E-state index contributed by atoms with van der Waals surface area (Å²) in [5.74, 6) is 0. The highest BCUT2D eigenvalue weighted by Gasteiger charge is 1.97. The molecule has 0 fully saturated rings. The number of aromatic nitrogens is 1. The minimum atomic E-state index is 0.480. The molecule has 0 amide bonds. The van der Waals surface area contributed by atoms with Crippen molar-refractivity contribution in [2.45, 2.75) is 6.92 Å². The van der Waals surface area contributed by atoms with Crippen molar-refractivity contribution in [3.8, 4) is 0 Å². The first-order chi connectivity index (χ1) is 8.15. The number of rotatable bonds is 1. The van der Waals surface area contributed by atoms with Gasteiger partial charge in [0.1, 0.15) is 0 Å². The van der Waals surface area contributed by atoms with Crippen LogP contribution in [0.5, 0.6) is 0 Å². The van der Waals surface area contributed by atoms with Crippen molar-refractivity contribution in [2.75, 3.05) is 5.32 Å². The Morgan fingerprint density at radius 1 is 1.35 bits per heavy atom. The number of hydrogen-bond acceptors (Lipinski definition) is 2. The fourth-order valence-corrected chi connectivity index (χ4v) is 2.53. The van der Waals surface area contributed by atoms with Gasteiger partial charge < -0.3 is 9.88 Å². The third-order valence-electron chi connectivity index (χ3n) is 2.15. The predicted molar refractivity (Wildman–Crippen MR) is 76.3 cm³/mol. The molecule has 2 aromatic rings. The summed E-state index contributed by atoms with van der Waals surface area (Å²) in [5.41, 5.74) is 0.956. The third kappa shape index (κ3) is 3.25. The molecule has 2 rings (SSSR count). The van der Waals surface area contributed by atoms with Crippen LogP contribution in [0.2, 0.25) is 0 Å². The molecule has 17 heavy (non-hydrogen) atoms. The summed E-state index contributed by atoms with van der Waals surface area (Å²) in [6.07, 6.45) is 2.04. The van der Waals surface area contributed by atoms with E-state index in [4.69, 9.17) is 12.2 Å². The molecule has 1 heterocycles. The Morgan fingerprint density at radius 2 is 2.06 bits per heavy atom. The second-order valence-corrected chi connectivity index (χ2v) is 5.24. The minimum absolute atomic E-state index is 0.480. The standard InChI is InChI=1S/C12H13N3S2/c1-9-8-15(2)12(17-9)14-11(16)13-10-6-4-3-5-7-10/h3-8H,1-2H3,(H,13,16)/b14-12+. The summed E-state index contributed by atoms with van der Waals surface area (Å²) in [6.45, 7) is 2.05. The largest absolute Gasteiger partial charge is 0.331 e. The molecule has 5 heteroatoms. The SMILES string of the molecule is Cc1cn(C)/c(=N\C(=S)Nc2ccccc2)s1. The Morgan fingerprint density at radius 3 is 2.65 bits per heavy atom. The van der Waals surface area contributed by atoms with Gasteiger partial charge in [-0.05, 0) is 31.3 Å². The molecule has 88 valence electrons. The van der Waals surface area contributed by atoms with Crippen LogP contribution in [0.4, 0.5) is 5.69 Å². The van der Waals surface area contributed by atoms with Gasteiger partial charge in [0.2, 0.25) is 0 Å². The zero-order chi connectivity index (χ0) is 12.3. The zero-order valence-electron chi connectivity index (χ0n) is 9.68. The Balaban J connectivity index is 2.18. The topological polar surface area (TPSA) is 29.3 Å². The molecule has 0 spiro atoms. The normalized spacial score (nSPS) is 11.5. The van der Waals surface area contributed by atoms with Gasteiger partial charge in [0.05, 0.1) is 0 Å². The van der Waals surface area contributed by atoms with Crippen molar-refractivity contribution in [1.29, 1.82) is 0 Å². The fraction of sp³-hybridized carbons (Fsp3) is 0.167. The highest BCUT2D eigenvalue weighted by Crippen LogP contribution is 2.05. The number of thiazole rings is 1. The van der Waals surface area contributed by atoms with Crippen LogP contribution >= 0.6 is 23.6 Å². The number of benzene rings is 1. The van der Waals surface area contributed by atoms with E-state index in [1.165, 1.54) is 4.88 Å². The highest BCUT2D eigenvalue weighted by atomic mass is 32.1. The van der Waals surface area contributed by atoms with Gasteiger partial charge in [-0.15, -0.1) is 11.3 Å². The summed E-state index contributed by atoms with van der Waals surface area (Å²) in [5, 5.41) is 3.57. The molecular formula is C12H13N3S2. The van der Waals surface area contributed by atoms with E-state index in [0.29, 0.717) is 5.11 Å². The summed E-state index contributed by atoms with van der Waals surface area (Å²) in [4.78, 5) is 6.49. The van der Waals surface area contributed by atoms with Crippen molar-refractivity contribution < 1.29 is 0 Å². The Labute approximate surface area is 109 Å². The molecule has 0 radical (unpaired) electrons. The van der Waals surface area contributed by atoms with Gasteiger partial charge in [-0.1, -0.05) is 18.2 Å². The number of nitrogens with zero attached hydrogens (tertiary/aromatic N) is 2. The molecule has 0 aliphatic carbocycles. The molecule has 0 unspecified atom stereocenters. The number of nitrogens with one attached hydrogen (secondary N) is 1. The van der Waals surface area contributed by atoms with E-state index in [1.54, 1.807) is 11.3 Å². The molecule has 1 N–H and O–H groups in total. The van der Waals surface area contributed by atoms with Crippen LogP contribution in [0.1, 0.15) is 4.88 Å². The molecule has 0 saturated carbocycles. The van der Waals surface area contributed by atoms with E-state index in [1.807, 2.05) is 48.1 Å². The van der Waals surface area contributed by atoms with Gasteiger partial charge in [0, 0.05) is 23.8 Å². The first kappa shape index (κ1) is 12.0. The lowest BCUT2D eigenvalue weighted by molar-refractivity contribution is 0.874. The molecule has 0 bridgehead atoms. The number of para-hydroxylation sites is 1. The summed E-state index contributed by atoms with van der Waals surface area (Å²) >= 11 is 6.82. The molecule has 1 aromatic heterocycles. The molecule has 0 atom stereocenters. The Kier molecular flexibility index (Phi) is 3.71. The smallest absolute Gasteiger partial charge is 0.199 e. The summed E-state index contributed by atoms with van der Waals surface area (Å²) in [6, 6.07) is 9.80. The Bertz CT molecular complexity index is 581. The summed E-state index contributed by atoms with van der Waals surface area (Å²) < 4.78 is 1.97. The third-order valence-corrected chi connectivity index (χ3v) is 3.33. The minimum Gasteiger partial charge on any atom is -0.331 e. The zero-order valence-corrected chi connectivity index (χ0v) is 11.3. The van der Waals surface area contributed by atoms with Gasteiger partial charge in [-0.2, -0.15) is 4.99 Å². The van der Waals surface area contributed by atoms with E-state index in [0.717, 1.165) is 10.5 Å². The quantitative estimate of drug-likeness (QED) is 0.802. The van der Waals surface area contributed by atoms with Gasteiger partial charge in [-0.25, -0.2) is 0 Å². The second kappa shape index (κ2) is 5.25. The molecule has 0 aliphatic heterocycles. The van der Waals surface area contributed by atoms with Crippen LogP contribution in [0.15, 0.2) is 41.5 Å². The van der Waals surface area contributed by atoms with Crippen molar-refractivity contribution in [3.05, 3.63) is 46.2 Å². The van der Waals surface area contributed by atoms with Crippen LogP contribution in [-0.2, 0) is 7.05 Å². The monoisotopic (exact) mass is 263 g/mol. The molecule has 0 saturated heterocycles. The van der Waals surface area contributed by atoms with E-state index >= 15 is 0 Å². The second-order valence-electron chi connectivity index (χ2n) is 3.64. The predicted octanol–water partition coefficient (Wildman–Crippen LogP) is 2.69. The van der Waals surface area contributed by atoms with Gasteiger partial charge in [-0.3, -0.25) is 0 Å². The van der Waals surface area contributed by atoms with E-state index in [2.05, 4.69) is 17.2 Å². The van der Waals surface area contributed by atoms with Crippen LogP contribution in [0.3, 0.4) is 0 Å². The highest BCUT2D eigenvalue weighted by molar-refractivity contribution is 7.80. The van der Waals surface area contributed by atoms with Crippen LogP contribution in [-0.4, -0.2) is 9.68 Å². The van der Waals surface area contributed by atoms with Crippen molar-refractivity contribution in [1.82, 2.24) is 4.57 Å². The lowest BCUT2D eigenvalue weighted by Gasteiger charge is -2.02. The Hall–Kier alpha value is -1.46. The van der Waals surface area contributed by atoms with Crippen LogP contribution in [0, 0.1) is 6.92 Å². The van der Waals surface area contributed by atoms with Crippen LogP contribution < -0.4 is 10.1 Å². The maximum atomic E-state index is 5.20. The first-order valence-electron chi connectivity index (χ1n) is 5.19. The van der Waals surface area contributed by atoms with Crippen molar-refractivity contribution in [2.24, 2.45) is 12.0 Å². The van der Waals surface area contributed by atoms with Crippen molar-refractivity contribution in [3.63, 3.8) is 0 Å². The molecule has 0 aliphatic rings. The lowest BCUT2D eigenvalue weighted by atomic mass is 10.3. The number of aryl methyl sites for hydroxylation is 2. The van der Waals surface area contributed by atoms with Crippen molar-refractivity contribution >= 4 is 34.4 Å². The number of thiocarbonyl (C=S) groups is 1. The first-order valence-corrected chi connectivity index (χ1v) is 6.41. The average molecular weight is 263 g/mol. The van der Waals surface area contributed by atoms with Gasteiger partial charge >= 0.3 is 0 Å². The average Bonchev–Trinajstić information content (AvgIpc) is 2.58. The van der Waals surface area contributed by atoms with E-state index in [-0.39, 0.29) is 0 Å². The number of anilines is 1. The summed E-state index contributed by atoms with van der Waals surface area (Å²) in [7, 11) is 1.97. The van der Waals surface area contributed by atoms with E-state index < -0.39 is 0 Å². The molecular weight excluding hydrogens is 250 g/mol.